The zero-order valence-electron chi connectivity index (χ0n) is 12.5. The molecule has 1 heterocycles. The molecule has 0 atom stereocenters. The van der Waals surface area contributed by atoms with Crippen LogP contribution in [0.5, 0.6) is 0 Å². The molecule has 0 bridgehead atoms. The average Bonchev–Trinajstić information content (AvgIpc) is 2.35. The van der Waals surface area contributed by atoms with Crippen molar-refractivity contribution < 1.29 is 8.42 Å². The maximum atomic E-state index is 11.7. The molecule has 1 aromatic heterocycles. The maximum absolute atomic E-state index is 11.7. The molecule has 0 saturated heterocycles. The second-order valence-corrected chi connectivity index (χ2v) is 8.46. The van der Waals surface area contributed by atoms with E-state index in [1.807, 2.05) is 13.2 Å². The summed E-state index contributed by atoms with van der Waals surface area (Å²) >= 11 is 1.44. The summed E-state index contributed by atoms with van der Waals surface area (Å²) in [5, 5.41) is 6.85. The molecular formula is C12H22N4O2S2. The van der Waals surface area contributed by atoms with Crippen LogP contribution in [-0.2, 0) is 9.84 Å². The van der Waals surface area contributed by atoms with Crippen LogP contribution in [-0.4, -0.2) is 48.7 Å². The number of aromatic nitrogens is 2. The van der Waals surface area contributed by atoms with Gasteiger partial charge in [0.25, 0.3) is 0 Å². The summed E-state index contributed by atoms with van der Waals surface area (Å²) < 4.78 is 22.5. The van der Waals surface area contributed by atoms with Crippen molar-refractivity contribution >= 4 is 33.2 Å². The molecule has 0 unspecified atom stereocenters. The van der Waals surface area contributed by atoms with E-state index in [1.165, 1.54) is 18.0 Å². The zero-order valence-corrected chi connectivity index (χ0v) is 14.2. The van der Waals surface area contributed by atoms with Gasteiger partial charge in [0.2, 0.25) is 0 Å². The first-order valence-corrected chi connectivity index (χ1v) is 9.41. The fourth-order valence-electron chi connectivity index (χ4n) is 1.31. The number of anilines is 2. The number of sulfone groups is 1. The van der Waals surface area contributed by atoms with Crippen molar-refractivity contribution in [3.05, 3.63) is 6.07 Å². The Morgan fingerprint density at radius 1 is 1.25 bits per heavy atom. The standard InChI is InChI=1S/C12H22N4O2S2/c1-6-13-9-7-10(16-11(15-9)19-4)14-8-12(2,3)20(5,17)18/h7H,6,8H2,1-5H3,(H2,13,14,15,16). The quantitative estimate of drug-likeness (QED) is 0.586. The molecule has 0 spiro atoms. The van der Waals surface area contributed by atoms with E-state index in [9.17, 15) is 8.42 Å². The fourth-order valence-corrected chi connectivity index (χ4v) is 2.03. The molecule has 20 heavy (non-hydrogen) atoms. The van der Waals surface area contributed by atoms with E-state index in [0.717, 1.165) is 12.4 Å². The molecule has 6 nitrogen and oxygen atoms in total. The SMILES string of the molecule is CCNc1cc(NCC(C)(C)S(C)(=O)=O)nc(SC)n1. The van der Waals surface area contributed by atoms with E-state index >= 15 is 0 Å². The predicted octanol–water partition coefficient (Wildman–Crippen LogP) is 1.87. The Hall–Kier alpha value is -1.02. The molecule has 0 amide bonds. The Morgan fingerprint density at radius 2 is 1.80 bits per heavy atom. The summed E-state index contributed by atoms with van der Waals surface area (Å²) in [5.74, 6) is 1.35. The lowest BCUT2D eigenvalue weighted by Crippen LogP contribution is -2.38. The molecule has 0 aliphatic rings. The summed E-state index contributed by atoms with van der Waals surface area (Å²) in [4.78, 5) is 8.64. The van der Waals surface area contributed by atoms with Gasteiger partial charge in [-0.25, -0.2) is 18.4 Å². The number of rotatable bonds is 7. The molecule has 2 N–H and O–H groups in total. The summed E-state index contributed by atoms with van der Waals surface area (Å²) in [6.07, 6.45) is 3.14. The van der Waals surface area contributed by atoms with Gasteiger partial charge in [0.05, 0.1) is 4.75 Å². The molecule has 0 aromatic carbocycles. The van der Waals surface area contributed by atoms with E-state index in [0.29, 0.717) is 17.5 Å². The largest absolute Gasteiger partial charge is 0.370 e. The van der Waals surface area contributed by atoms with Gasteiger partial charge in [-0.15, -0.1) is 0 Å². The molecule has 0 fully saturated rings. The number of hydrogen-bond acceptors (Lipinski definition) is 7. The van der Waals surface area contributed by atoms with Crippen LogP contribution in [0.1, 0.15) is 20.8 Å². The van der Waals surface area contributed by atoms with Gasteiger partial charge >= 0.3 is 0 Å². The normalized spacial score (nSPS) is 12.2. The highest BCUT2D eigenvalue weighted by atomic mass is 32.2. The number of nitrogens with zero attached hydrogens (tertiary/aromatic N) is 2. The van der Waals surface area contributed by atoms with Gasteiger partial charge in [0.1, 0.15) is 11.6 Å². The Bertz CT molecular complexity index is 559. The van der Waals surface area contributed by atoms with Crippen molar-refractivity contribution in [3.63, 3.8) is 0 Å². The van der Waals surface area contributed by atoms with Crippen molar-refractivity contribution in [1.82, 2.24) is 9.97 Å². The fraction of sp³-hybridized carbons (Fsp3) is 0.667. The second-order valence-electron chi connectivity index (χ2n) is 5.04. The zero-order chi connectivity index (χ0) is 15.4. The van der Waals surface area contributed by atoms with Crippen molar-refractivity contribution in [1.29, 1.82) is 0 Å². The summed E-state index contributed by atoms with van der Waals surface area (Å²) in [5.41, 5.74) is 0. The maximum Gasteiger partial charge on any atom is 0.191 e. The topological polar surface area (TPSA) is 84.0 Å². The van der Waals surface area contributed by atoms with E-state index in [1.54, 1.807) is 19.9 Å². The molecule has 0 saturated carbocycles. The molecule has 1 aromatic rings. The Kier molecular flexibility index (Phi) is 5.64. The first-order valence-electron chi connectivity index (χ1n) is 6.30. The van der Waals surface area contributed by atoms with E-state index in [-0.39, 0.29) is 0 Å². The van der Waals surface area contributed by atoms with Crippen LogP contribution in [0.4, 0.5) is 11.6 Å². The average molecular weight is 318 g/mol. The van der Waals surface area contributed by atoms with E-state index < -0.39 is 14.6 Å². The van der Waals surface area contributed by atoms with Gasteiger partial charge in [0, 0.05) is 25.4 Å². The van der Waals surface area contributed by atoms with Crippen LogP contribution in [0, 0.1) is 0 Å². The molecule has 0 radical (unpaired) electrons. The van der Waals surface area contributed by atoms with Crippen LogP contribution < -0.4 is 10.6 Å². The molecular weight excluding hydrogens is 296 g/mol. The number of thioether (sulfide) groups is 1. The molecule has 8 heteroatoms. The van der Waals surface area contributed by atoms with Crippen molar-refractivity contribution in [3.8, 4) is 0 Å². The van der Waals surface area contributed by atoms with Crippen LogP contribution >= 0.6 is 11.8 Å². The van der Waals surface area contributed by atoms with Crippen LogP contribution in [0.15, 0.2) is 11.2 Å². The monoisotopic (exact) mass is 318 g/mol. The van der Waals surface area contributed by atoms with Gasteiger partial charge < -0.3 is 10.6 Å². The predicted molar refractivity (Wildman–Crippen MR) is 85.4 cm³/mol. The third-order valence-electron chi connectivity index (χ3n) is 2.95. The third-order valence-corrected chi connectivity index (χ3v) is 5.64. The van der Waals surface area contributed by atoms with E-state index in [2.05, 4.69) is 20.6 Å². The summed E-state index contributed by atoms with van der Waals surface area (Å²) in [6.45, 7) is 6.43. The summed E-state index contributed by atoms with van der Waals surface area (Å²) in [6, 6.07) is 1.78. The molecule has 0 aliphatic carbocycles. The minimum absolute atomic E-state index is 0.294. The third kappa shape index (κ3) is 4.52. The Balaban J connectivity index is 2.90. The van der Waals surface area contributed by atoms with Gasteiger partial charge in [0.15, 0.2) is 15.0 Å². The van der Waals surface area contributed by atoms with Crippen molar-refractivity contribution in [2.24, 2.45) is 0 Å². The lowest BCUT2D eigenvalue weighted by Gasteiger charge is -2.23. The highest BCUT2D eigenvalue weighted by molar-refractivity contribution is 7.98. The molecule has 1 rings (SSSR count). The Labute approximate surface area is 125 Å². The lowest BCUT2D eigenvalue weighted by molar-refractivity contribution is 0.559. The molecule has 0 aliphatic heterocycles. The first kappa shape index (κ1) is 17.0. The van der Waals surface area contributed by atoms with Gasteiger partial charge in [-0.3, -0.25) is 0 Å². The van der Waals surface area contributed by atoms with E-state index in [4.69, 9.17) is 0 Å². The van der Waals surface area contributed by atoms with Crippen LogP contribution in [0.3, 0.4) is 0 Å². The number of nitrogens with one attached hydrogen (secondary N) is 2. The van der Waals surface area contributed by atoms with Crippen molar-refractivity contribution in [2.75, 3.05) is 36.2 Å². The summed E-state index contributed by atoms with van der Waals surface area (Å²) in [7, 11) is -3.14. The second kappa shape index (κ2) is 6.62. The van der Waals surface area contributed by atoms with Gasteiger partial charge in [-0.2, -0.15) is 0 Å². The Morgan fingerprint density at radius 3 is 2.25 bits per heavy atom. The van der Waals surface area contributed by atoms with Gasteiger partial charge in [-0.1, -0.05) is 11.8 Å². The minimum Gasteiger partial charge on any atom is -0.370 e. The highest BCUT2D eigenvalue weighted by Gasteiger charge is 2.30. The first-order chi connectivity index (χ1) is 9.19. The minimum atomic E-state index is -3.14. The lowest BCUT2D eigenvalue weighted by atomic mass is 10.2. The molecule has 114 valence electrons. The highest BCUT2D eigenvalue weighted by Crippen LogP contribution is 2.20. The van der Waals surface area contributed by atoms with Gasteiger partial charge in [-0.05, 0) is 27.0 Å². The van der Waals surface area contributed by atoms with Crippen LogP contribution in [0.25, 0.3) is 0 Å². The van der Waals surface area contributed by atoms with Crippen molar-refractivity contribution in [2.45, 2.75) is 30.7 Å². The smallest absolute Gasteiger partial charge is 0.191 e. The van der Waals surface area contributed by atoms with Crippen LogP contribution in [0.2, 0.25) is 0 Å². The number of hydrogen-bond donors (Lipinski definition) is 2.